The summed E-state index contributed by atoms with van der Waals surface area (Å²) in [6, 6.07) is 10.6. The van der Waals surface area contributed by atoms with Gasteiger partial charge >= 0.3 is 0 Å². The summed E-state index contributed by atoms with van der Waals surface area (Å²) >= 11 is 0. The van der Waals surface area contributed by atoms with Crippen LogP contribution in [0, 0.1) is 11.6 Å². The Morgan fingerprint density at radius 3 is 2.47 bits per heavy atom. The average molecular weight is 485 g/mol. The molecule has 12 heteroatoms. The van der Waals surface area contributed by atoms with Crippen LogP contribution < -0.4 is 16.2 Å². The van der Waals surface area contributed by atoms with E-state index in [2.05, 4.69) is 20.4 Å². The van der Waals surface area contributed by atoms with Gasteiger partial charge in [0, 0.05) is 18.2 Å². The minimum atomic E-state index is -3.59. The molecule has 4 aromatic rings. The predicted octanol–water partition coefficient (Wildman–Crippen LogP) is 2.28. The van der Waals surface area contributed by atoms with Crippen molar-refractivity contribution in [1.29, 1.82) is 0 Å². The number of nitrogens with one attached hydrogen (secondary N) is 2. The van der Waals surface area contributed by atoms with Gasteiger partial charge in [0.05, 0.1) is 18.4 Å². The second-order valence-corrected chi connectivity index (χ2v) is 9.76. The second-order valence-electron chi connectivity index (χ2n) is 7.48. The predicted molar refractivity (Wildman–Crippen MR) is 119 cm³/mol. The molecular weight excluding hydrogens is 467 g/mol. The van der Waals surface area contributed by atoms with E-state index in [9.17, 15) is 27.8 Å². The molecule has 3 N–H and O–H groups in total. The van der Waals surface area contributed by atoms with E-state index in [0.717, 1.165) is 23.3 Å². The molecule has 0 bridgehead atoms. The third-order valence-corrected chi connectivity index (χ3v) is 6.20. The monoisotopic (exact) mass is 485 g/mol. The van der Waals surface area contributed by atoms with Crippen LogP contribution in [0.1, 0.15) is 27.5 Å². The molecule has 0 fully saturated rings. The summed E-state index contributed by atoms with van der Waals surface area (Å²) in [7, 11) is -3.59. The van der Waals surface area contributed by atoms with Crippen LogP contribution in [0.5, 0.6) is 0 Å². The zero-order chi connectivity index (χ0) is 24.5. The molecule has 0 saturated carbocycles. The standard InChI is InChI=1S/C22H18F2N5O4P/c1-34(32,33)17-4-2-3-14(9-17)19(13-5-7-15(23)8-6-13)27-20(30)18-11-25-22(28-21(18)31)29-12-16(24)10-26-29/h2-12,19H,1H3,(H,27,30)(H,32,33)(H,25,28,31)/t19-/m0/s1. The molecule has 0 saturated heterocycles. The molecule has 0 aliphatic rings. The highest BCUT2D eigenvalue weighted by molar-refractivity contribution is 7.65. The van der Waals surface area contributed by atoms with Gasteiger partial charge in [0.2, 0.25) is 13.3 Å². The average Bonchev–Trinajstić information content (AvgIpc) is 3.24. The van der Waals surface area contributed by atoms with Gasteiger partial charge in [-0.15, -0.1) is 0 Å². The van der Waals surface area contributed by atoms with E-state index < -0.39 is 36.5 Å². The summed E-state index contributed by atoms with van der Waals surface area (Å²) in [5.74, 6) is -2.00. The summed E-state index contributed by atoms with van der Waals surface area (Å²) in [6.07, 6.45) is 2.96. The molecule has 34 heavy (non-hydrogen) atoms. The van der Waals surface area contributed by atoms with Gasteiger partial charge in [-0.2, -0.15) is 5.10 Å². The maximum Gasteiger partial charge on any atom is 0.265 e. The normalized spacial score (nSPS) is 13.8. The lowest BCUT2D eigenvalue weighted by molar-refractivity contribution is 0.0941. The smallest absolute Gasteiger partial charge is 0.265 e. The Morgan fingerprint density at radius 2 is 1.85 bits per heavy atom. The van der Waals surface area contributed by atoms with Gasteiger partial charge in [-0.25, -0.2) is 18.4 Å². The van der Waals surface area contributed by atoms with Crippen molar-refractivity contribution in [2.75, 3.05) is 6.66 Å². The molecule has 2 aromatic carbocycles. The largest absolute Gasteiger partial charge is 0.341 e. The van der Waals surface area contributed by atoms with Crippen LogP contribution in [0.3, 0.4) is 0 Å². The summed E-state index contributed by atoms with van der Waals surface area (Å²) in [4.78, 5) is 41.8. The number of amides is 1. The molecule has 2 aromatic heterocycles. The molecule has 2 atom stereocenters. The third-order valence-electron chi connectivity index (χ3n) is 4.96. The lowest BCUT2D eigenvalue weighted by atomic mass is 9.98. The number of rotatable bonds is 6. The van der Waals surface area contributed by atoms with Gasteiger partial charge in [-0.05, 0) is 35.4 Å². The summed E-state index contributed by atoms with van der Waals surface area (Å²) in [5.41, 5.74) is -0.202. The Labute approximate surface area is 191 Å². The number of carbonyl (C=O) groups is 1. The molecule has 0 radical (unpaired) electrons. The Bertz CT molecular complexity index is 1460. The molecule has 174 valence electrons. The fraction of sp³-hybridized carbons (Fsp3) is 0.0909. The molecule has 0 aliphatic carbocycles. The number of hydrogen-bond donors (Lipinski definition) is 3. The number of nitrogens with zero attached hydrogens (tertiary/aromatic N) is 3. The number of aromatic nitrogens is 4. The van der Waals surface area contributed by atoms with Gasteiger partial charge < -0.3 is 10.2 Å². The Morgan fingerprint density at radius 1 is 1.12 bits per heavy atom. The number of benzene rings is 2. The Balaban J connectivity index is 1.69. The first-order valence-corrected chi connectivity index (χ1v) is 12.0. The number of halogens is 2. The van der Waals surface area contributed by atoms with E-state index in [1.165, 1.54) is 43.1 Å². The van der Waals surface area contributed by atoms with Crippen molar-refractivity contribution in [3.63, 3.8) is 0 Å². The van der Waals surface area contributed by atoms with Crippen molar-refractivity contribution in [2.45, 2.75) is 6.04 Å². The van der Waals surface area contributed by atoms with E-state index in [-0.39, 0.29) is 16.8 Å². The van der Waals surface area contributed by atoms with Gasteiger partial charge in [0.1, 0.15) is 11.4 Å². The van der Waals surface area contributed by atoms with Gasteiger partial charge in [0.15, 0.2) is 5.82 Å². The zero-order valence-corrected chi connectivity index (χ0v) is 18.5. The van der Waals surface area contributed by atoms with Crippen molar-refractivity contribution in [3.05, 3.63) is 106 Å². The van der Waals surface area contributed by atoms with Gasteiger partial charge in [0.25, 0.3) is 11.5 Å². The van der Waals surface area contributed by atoms with Crippen LogP contribution in [0.4, 0.5) is 8.78 Å². The van der Waals surface area contributed by atoms with E-state index in [1.54, 1.807) is 12.1 Å². The van der Waals surface area contributed by atoms with E-state index in [1.807, 2.05) is 0 Å². The summed E-state index contributed by atoms with van der Waals surface area (Å²) in [5, 5.41) is 6.56. The fourth-order valence-corrected chi connectivity index (χ4v) is 4.02. The summed E-state index contributed by atoms with van der Waals surface area (Å²) < 4.78 is 39.8. The lowest BCUT2D eigenvalue weighted by Crippen LogP contribution is -2.34. The number of carbonyl (C=O) groups excluding carboxylic acids is 1. The highest BCUT2D eigenvalue weighted by Crippen LogP contribution is 2.35. The first-order chi connectivity index (χ1) is 16.1. The molecule has 4 rings (SSSR count). The van der Waals surface area contributed by atoms with Crippen molar-refractivity contribution in [3.8, 4) is 5.95 Å². The minimum absolute atomic E-state index is 0.0881. The maximum absolute atomic E-state index is 13.5. The van der Waals surface area contributed by atoms with Gasteiger partial charge in [-0.1, -0.05) is 24.3 Å². The quantitative estimate of drug-likeness (QED) is 0.360. The van der Waals surface area contributed by atoms with Crippen LogP contribution >= 0.6 is 7.37 Å². The lowest BCUT2D eigenvalue weighted by Gasteiger charge is -2.21. The molecule has 1 unspecified atom stereocenters. The topological polar surface area (TPSA) is 130 Å². The fourth-order valence-electron chi connectivity index (χ4n) is 3.27. The van der Waals surface area contributed by atoms with Crippen molar-refractivity contribution in [1.82, 2.24) is 25.1 Å². The number of aromatic amines is 1. The molecular formula is C22H18F2N5O4P. The maximum atomic E-state index is 13.5. The van der Waals surface area contributed by atoms with E-state index in [0.29, 0.717) is 11.1 Å². The van der Waals surface area contributed by atoms with Crippen LogP contribution in [-0.2, 0) is 4.57 Å². The third kappa shape index (κ3) is 5.00. The van der Waals surface area contributed by atoms with Crippen LogP contribution in [0.25, 0.3) is 5.95 Å². The summed E-state index contributed by atoms with van der Waals surface area (Å²) in [6.45, 7) is 1.19. The zero-order valence-electron chi connectivity index (χ0n) is 17.6. The Kier molecular flexibility index (Phi) is 6.23. The SMILES string of the molecule is CP(=O)(O)c1cccc([C@@H](NC(=O)c2cnc(-n3cc(F)cn3)[nH]c2=O)c2ccc(F)cc2)c1. The van der Waals surface area contributed by atoms with Gasteiger partial charge in [-0.3, -0.25) is 19.1 Å². The Hall–Kier alpha value is -3.95. The van der Waals surface area contributed by atoms with Crippen molar-refractivity contribution < 1.29 is 23.0 Å². The minimum Gasteiger partial charge on any atom is -0.341 e. The van der Waals surface area contributed by atoms with E-state index >= 15 is 0 Å². The highest BCUT2D eigenvalue weighted by atomic mass is 31.2. The van der Waals surface area contributed by atoms with Crippen LogP contribution in [0.15, 0.2) is 71.9 Å². The molecule has 0 spiro atoms. The van der Waals surface area contributed by atoms with Crippen LogP contribution in [-0.4, -0.2) is 37.2 Å². The highest BCUT2D eigenvalue weighted by Gasteiger charge is 2.23. The van der Waals surface area contributed by atoms with Crippen molar-refractivity contribution in [2.24, 2.45) is 0 Å². The second kappa shape index (κ2) is 9.12. The van der Waals surface area contributed by atoms with E-state index in [4.69, 9.17) is 0 Å². The molecule has 2 heterocycles. The number of H-pyrrole nitrogens is 1. The van der Waals surface area contributed by atoms with Crippen molar-refractivity contribution >= 4 is 18.6 Å². The molecule has 0 aliphatic heterocycles. The first-order valence-electron chi connectivity index (χ1n) is 9.89. The molecule has 9 nitrogen and oxygen atoms in total. The first kappa shape index (κ1) is 23.2. The number of hydrogen-bond acceptors (Lipinski definition) is 5. The van der Waals surface area contributed by atoms with Crippen LogP contribution in [0.2, 0.25) is 0 Å². The molecule has 1 amide bonds.